The quantitative estimate of drug-likeness (QED) is 0.447. The molecule has 0 fully saturated rings. The normalized spacial score (nSPS) is 9.56. The minimum absolute atomic E-state index is 0.330. The third-order valence-corrected chi connectivity index (χ3v) is 1.17. The monoisotopic (exact) mass is 149 g/mol. The highest BCUT2D eigenvalue weighted by molar-refractivity contribution is 6.67. The number of aryl methyl sites for hydroxylation is 1. The molecule has 3 nitrogen and oxygen atoms in total. The molecule has 0 aliphatic rings. The lowest BCUT2D eigenvalue weighted by molar-refractivity contribution is 0.108. The van der Waals surface area contributed by atoms with Gasteiger partial charge in [-0.3, -0.25) is 4.79 Å². The van der Waals surface area contributed by atoms with E-state index >= 15 is 0 Å². The van der Waals surface area contributed by atoms with Crippen LogP contribution in [0, 0.1) is 6.92 Å². The van der Waals surface area contributed by atoms with E-state index in [1.807, 2.05) is 0 Å². The number of aromatic nitrogens is 1. The molecule has 0 saturated carbocycles. The molecule has 0 unspecified atom stereocenters. The predicted molar refractivity (Wildman–Crippen MR) is 31.4 cm³/mol. The maximum absolute atomic E-state index is 10.4. The molecule has 0 aliphatic heterocycles. The lowest BCUT2D eigenvalue weighted by atomic mass is 11.1. The Kier molecular flexibility index (Phi) is 1.53. The van der Waals surface area contributed by atoms with Crippen LogP contribution in [0.15, 0.2) is 10.7 Å². The molecule has 1 rings (SSSR count). The van der Waals surface area contributed by atoms with Gasteiger partial charge in [0.25, 0.3) is 5.24 Å². The molecule has 1 aromatic rings. The van der Waals surface area contributed by atoms with Crippen molar-refractivity contribution in [3.05, 3.63) is 17.5 Å². The van der Waals surface area contributed by atoms with Crippen LogP contribution in [0.25, 0.3) is 0 Å². The van der Waals surface area contributed by atoms with Crippen molar-refractivity contribution in [2.75, 3.05) is 0 Å². The van der Waals surface area contributed by atoms with Gasteiger partial charge in [0, 0.05) is 0 Å². The van der Waals surface area contributed by atoms with E-state index in [-0.39, 0.29) is 0 Å². The zero-order chi connectivity index (χ0) is 6.85. The lowest BCUT2D eigenvalue weighted by Gasteiger charge is -1.81. The first-order valence-electron chi connectivity index (χ1n) is 2.33. The van der Waals surface area contributed by atoms with E-state index in [9.17, 15) is 4.79 Å². The summed E-state index contributed by atoms with van der Waals surface area (Å²) in [6.45, 7) is 1.63. The molecular formula is C5H4ClNO2. The number of carbonyl (C=O) groups excluding carboxylic acids is 1. The minimum atomic E-state index is -0.534. The lowest BCUT2D eigenvalue weighted by Crippen LogP contribution is -1.86. The summed E-state index contributed by atoms with van der Waals surface area (Å²) in [6.07, 6.45) is 1.30. The second kappa shape index (κ2) is 2.19. The molecule has 0 spiro atoms. The molecule has 0 atom stereocenters. The third kappa shape index (κ3) is 1.10. The number of hydrogen-bond acceptors (Lipinski definition) is 3. The van der Waals surface area contributed by atoms with E-state index in [0.717, 1.165) is 0 Å². The first-order valence-corrected chi connectivity index (χ1v) is 2.70. The SMILES string of the molecule is [13CH3][13c]1onc[13c]1[13C](=O)Cl. The molecular weight excluding hydrogens is 145 g/mol. The predicted octanol–water partition coefficient (Wildman–Crippen LogP) is 1.36. The highest BCUT2D eigenvalue weighted by Crippen LogP contribution is 2.07. The Bertz CT molecular complexity index is 231. The van der Waals surface area contributed by atoms with E-state index < -0.39 is 5.24 Å². The summed E-state index contributed by atoms with van der Waals surface area (Å²) in [5, 5.41) is 2.83. The van der Waals surface area contributed by atoms with Crippen molar-refractivity contribution in [1.29, 1.82) is 0 Å². The molecule has 1 heterocycles. The third-order valence-electron chi connectivity index (χ3n) is 0.962. The Labute approximate surface area is 56.6 Å². The molecule has 9 heavy (non-hydrogen) atoms. The molecule has 0 aliphatic carbocycles. The molecule has 48 valence electrons. The van der Waals surface area contributed by atoms with Crippen molar-refractivity contribution in [3.8, 4) is 0 Å². The van der Waals surface area contributed by atoms with Crippen molar-refractivity contribution in [1.82, 2.24) is 5.16 Å². The smallest absolute Gasteiger partial charge is 0.257 e. The van der Waals surface area contributed by atoms with Gasteiger partial charge in [-0.15, -0.1) is 0 Å². The summed E-state index contributed by atoms with van der Waals surface area (Å²) in [5.74, 6) is 0.454. The van der Waals surface area contributed by atoms with Crippen LogP contribution in [0.1, 0.15) is 16.1 Å². The highest BCUT2D eigenvalue weighted by Gasteiger charge is 2.08. The number of rotatable bonds is 1. The van der Waals surface area contributed by atoms with Gasteiger partial charge in [0.15, 0.2) is 0 Å². The largest absolute Gasteiger partial charge is 0.361 e. The van der Waals surface area contributed by atoms with Crippen LogP contribution in [0.4, 0.5) is 0 Å². The molecule has 0 radical (unpaired) electrons. The van der Waals surface area contributed by atoms with Crippen LogP contribution in [-0.4, -0.2) is 10.4 Å². The zero-order valence-electron chi connectivity index (χ0n) is 4.72. The molecule has 0 bridgehead atoms. The van der Waals surface area contributed by atoms with Gasteiger partial charge in [0.1, 0.15) is 5.76 Å². The number of halogens is 1. The fourth-order valence-corrected chi connectivity index (χ4v) is 0.669. The summed E-state index contributed by atoms with van der Waals surface area (Å²) in [7, 11) is 0. The van der Waals surface area contributed by atoms with Gasteiger partial charge in [0.2, 0.25) is 0 Å². The van der Waals surface area contributed by atoms with Gasteiger partial charge in [-0.25, -0.2) is 0 Å². The second-order valence-electron chi connectivity index (χ2n) is 1.57. The standard InChI is InChI=1S/C5H4ClNO2/c1-3-4(5(6)8)2-7-9-3/h2H,1H3/i1+1,3+1,4+1,5+1. The average Bonchev–Trinajstić information content (AvgIpc) is 2.13. The summed E-state index contributed by atoms with van der Waals surface area (Å²) in [6, 6.07) is 0. The summed E-state index contributed by atoms with van der Waals surface area (Å²) in [4.78, 5) is 10.4. The van der Waals surface area contributed by atoms with Crippen molar-refractivity contribution < 1.29 is 9.32 Å². The van der Waals surface area contributed by atoms with Crippen LogP contribution in [0.2, 0.25) is 0 Å². The number of carbonyl (C=O) groups is 1. The molecule has 0 saturated heterocycles. The Morgan fingerprint density at radius 1 is 1.89 bits per heavy atom. The van der Waals surface area contributed by atoms with E-state index in [1.54, 1.807) is 6.92 Å². The number of hydrogen-bond donors (Lipinski definition) is 0. The molecule has 1 aromatic heterocycles. The van der Waals surface area contributed by atoms with Crippen LogP contribution in [0.3, 0.4) is 0 Å². The fraction of sp³-hybridized carbons (Fsp3) is 0.200. The van der Waals surface area contributed by atoms with E-state index in [1.165, 1.54) is 6.20 Å². The van der Waals surface area contributed by atoms with Crippen molar-refractivity contribution in [2.24, 2.45) is 0 Å². The molecule has 0 N–H and O–H groups in total. The molecule has 0 amide bonds. The first-order chi connectivity index (χ1) is 4.22. The van der Waals surface area contributed by atoms with Gasteiger partial charge < -0.3 is 4.52 Å². The summed E-state index contributed by atoms with van der Waals surface area (Å²) in [5.41, 5.74) is 0.330. The van der Waals surface area contributed by atoms with Crippen LogP contribution in [-0.2, 0) is 0 Å². The van der Waals surface area contributed by atoms with Crippen LogP contribution in [0.5, 0.6) is 0 Å². The Morgan fingerprint density at radius 3 is 2.78 bits per heavy atom. The topological polar surface area (TPSA) is 43.1 Å². The maximum Gasteiger partial charge on any atom is 0.257 e. The van der Waals surface area contributed by atoms with Gasteiger partial charge in [-0.05, 0) is 18.5 Å². The second-order valence-corrected chi connectivity index (χ2v) is 1.91. The Morgan fingerprint density at radius 2 is 2.56 bits per heavy atom. The minimum Gasteiger partial charge on any atom is -0.361 e. The number of nitrogens with zero attached hydrogens (tertiary/aromatic N) is 1. The Hall–Kier alpha value is -0.830. The molecule has 0 aromatic carbocycles. The van der Waals surface area contributed by atoms with Crippen molar-refractivity contribution in [3.63, 3.8) is 0 Å². The highest BCUT2D eigenvalue weighted by atomic mass is 35.5. The summed E-state index contributed by atoms with van der Waals surface area (Å²) >= 11 is 5.11. The van der Waals surface area contributed by atoms with Crippen molar-refractivity contribution in [2.45, 2.75) is 6.92 Å². The van der Waals surface area contributed by atoms with Crippen molar-refractivity contribution >= 4 is 16.8 Å². The van der Waals surface area contributed by atoms with E-state index in [0.29, 0.717) is 11.3 Å². The van der Waals surface area contributed by atoms with E-state index in [4.69, 9.17) is 11.6 Å². The van der Waals surface area contributed by atoms with Crippen LogP contribution < -0.4 is 0 Å². The van der Waals surface area contributed by atoms with Gasteiger partial charge in [-0.1, -0.05) is 5.16 Å². The maximum atomic E-state index is 10.4. The summed E-state index contributed by atoms with van der Waals surface area (Å²) < 4.78 is 4.57. The fourth-order valence-electron chi connectivity index (χ4n) is 0.487. The van der Waals surface area contributed by atoms with Gasteiger partial charge in [-0.2, -0.15) is 0 Å². The van der Waals surface area contributed by atoms with Gasteiger partial charge in [0.05, 0.1) is 11.8 Å². The zero-order valence-corrected chi connectivity index (χ0v) is 5.47. The van der Waals surface area contributed by atoms with Gasteiger partial charge >= 0.3 is 0 Å². The van der Waals surface area contributed by atoms with Crippen LogP contribution >= 0.6 is 11.6 Å². The first kappa shape index (κ1) is 6.29. The molecule has 4 heteroatoms. The Balaban J connectivity index is 3.08. The average molecular weight is 150 g/mol. The van der Waals surface area contributed by atoms with E-state index in [2.05, 4.69) is 9.68 Å².